The van der Waals surface area contributed by atoms with Crippen LogP contribution in [0.5, 0.6) is 0 Å². The van der Waals surface area contributed by atoms with Crippen molar-refractivity contribution >= 4 is 16.8 Å². The average molecular weight is 320 g/mol. The molecule has 4 nitrogen and oxygen atoms in total. The molecule has 0 spiro atoms. The van der Waals surface area contributed by atoms with Gasteiger partial charge in [0.1, 0.15) is 6.61 Å². The molecule has 0 radical (unpaired) electrons. The van der Waals surface area contributed by atoms with E-state index in [1.807, 2.05) is 41.4 Å². The van der Waals surface area contributed by atoms with Gasteiger partial charge in [0.05, 0.1) is 12.6 Å². The molecule has 1 N–H and O–H groups in total. The highest BCUT2D eigenvalue weighted by atomic mass is 16.5. The minimum Gasteiger partial charge on any atom is -0.369 e. The van der Waals surface area contributed by atoms with E-state index in [4.69, 9.17) is 4.74 Å². The Balaban J connectivity index is 1.58. The normalized spacial score (nSPS) is 18.2. The molecule has 1 saturated heterocycles. The van der Waals surface area contributed by atoms with Crippen LogP contribution < -0.4 is 0 Å². The predicted octanol–water partition coefficient (Wildman–Crippen LogP) is 3.14. The summed E-state index contributed by atoms with van der Waals surface area (Å²) < 4.78 is 5.52. The third-order valence-corrected chi connectivity index (χ3v) is 4.62. The van der Waals surface area contributed by atoms with Crippen molar-refractivity contribution in [1.29, 1.82) is 0 Å². The smallest absolute Gasteiger partial charge is 0.249 e. The minimum absolute atomic E-state index is 0.0608. The summed E-state index contributed by atoms with van der Waals surface area (Å²) in [6.45, 7) is 1.39. The lowest BCUT2D eigenvalue weighted by Gasteiger charge is -2.35. The van der Waals surface area contributed by atoms with Gasteiger partial charge in [0.25, 0.3) is 0 Å². The highest BCUT2D eigenvalue weighted by Crippen LogP contribution is 2.23. The topological polar surface area (TPSA) is 45.3 Å². The van der Waals surface area contributed by atoms with E-state index in [0.29, 0.717) is 13.2 Å². The van der Waals surface area contributed by atoms with E-state index in [0.717, 1.165) is 17.5 Å². The number of ether oxygens (including phenoxy) is 1. The first-order valence-electron chi connectivity index (χ1n) is 8.27. The molecule has 1 aliphatic rings. The Morgan fingerprint density at radius 2 is 1.88 bits per heavy atom. The second kappa shape index (κ2) is 6.49. The van der Waals surface area contributed by atoms with E-state index < -0.39 is 0 Å². The summed E-state index contributed by atoms with van der Waals surface area (Å²) in [5, 5.41) is 1.22. The molecular formula is C20H20N2O2. The maximum absolute atomic E-state index is 12.4. The second-order valence-electron chi connectivity index (χ2n) is 6.24. The van der Waals surface area contributed by atoms with Gasteiger partial charge in [-0.3, -0.25) is 4.79 Å². The maximum Gasteiger partial charge on any atom is 0.249 e. The molecule has 1 fully saturated rings. The van der Waals surface area contributed by atoms with Crippen molar-refractivity contribution in [1.82, 2.24) is 9.88 Å². The number of carbonyl (C=O) groups is 1. The molecule has 0 aliphatic carbocycles. The van der Waals surface area contributed by atoms with Crippen LogP contribution in [0.15, 0.2) is 60.8 Å². The van der Waals surface area contributed by atoms with E-state index in [-0.39, 0.29) is 18.6 Å². The van der Waals surface area contributed by atoms with Crippen LogP contribution in [0, 0.1) is 0 Å². The molecule has 0 bridgehead atoms. The van der Waals surface area contributed by atoms with Gasteiger partial charge in [0.2, 0.25) is 5.91 Å². The molecule has 1 aromatic heterocycles. The summed E-state index contributed by atoms with van der Waals surface area (Å²) in [6.07, 6.45) is 2.84. The molecule has 0 saturated carbocycles. The van der Waals surface area contributed by atoms with Gasteiger partial charge in [-0.25, -0.2) is 0 Å². The number of hydrogen-bond acceptors (Lipinski definition) is 2. The predicted molar refractivity (Wildman–Crippen MR) is 93.6 cm³/mol. The zero-order valence-corrected chi connectivity index (χ0v) is 13.4. The molecule has 0 unspecified atom stereocenters. The Bertz CT molecular complexity index is 841. The van der Waals surface area contributed by atoms with Crippen molar-refractivity contribution in [3.8, 4) is 0 Å². The van der Waals surface area contributed by atoms with Crippen molar-refractivity contribution in [2.24, 2.45) is 0 Å². The largest absolute Gasteiger partial charge is 0.369 e. The SMILES string of the molecule is O=C1COC[C@@H](Cc2c[nH]c3ccccc23)N1Cc1ccccc1. The fourth-order valence-electron chi connectivity index (χ4n) is 3.38. The Morgan fingerprint density at radius 1 is 1.08 bits per heavy atom. The van der Waals surface area contributed by atoms with Gasteiger partial charge in [-0.1, -0.05) is 48.5 Å². The summed E-state index contributed by atoms with van der Waals surface area (Å²) in [5.74, 6) is 0.0648. The Labute approximate surface area is 141 Å². The first-order chi connectivity index (χ1) is 11.8. The summed E-state index contributed by atoms with van der Waals surface area (Å²) in [5.41, 5.74) is 3.51. The van der Waals surface area contributed by atoms with Gasteiger partial charge < -0.3 is 14.6 Å². The Morgan fingerprint density at radius 3 is 2.75 bits per heavy atom. The Hall–Kier alpha value is -2.59. The number of hydrogen-bond donors (Lipinski definition) is 1. The highest BCUT2D eigenvalue weighted by molar-refractivity contribution is 5.83. The first-order valence-corrected chi connectivity index (χ1v) is 8.27. The van der Waals surface area contributed by atoms with E-state index in [1.54, 1.807) is 0 Å². The van der Waals surface area contributed by atoms with Crippen LogP contribution in [0.25, 0.3) is 10.9 Å². The number of carbonyl (C=O) groups excluding carboxylic acids is 1. The van der Waals surface area contributed by atoms with Crippen molar-refractivity contribution < 1.29 is 9.53 Å². The van der Waals surface area contributed by atoms with E-state index >= 15 is 0 Å². The summed E-state index contributed by atoms with van der Waals surface area (Å²) in [7, 11) is 0. The molecule has 1 atom stereocenters. The number of morpholine rings is 1. The fourth-order valence-corrected chi connectivity index (χ4v) is 3.38. The lowest BCUT2D eigenvalue weighted by atomic mass is 10.0. The van der Waals surface area contributed by atoms with Crippen LogP contribution in [0.3, 0.4) is 0 Å². The zero-order chi connectivity index (χ0) is 16.4. The monoisotopic (exact) mass is 320 g/mol. The molecule has 3 aromatic rings. The molecular weight excluding hydrogens is 300 g/mol. The van der Waals surface area contributed by atoms with Crippen LogP contribution in [-0.4, -0.2) is 35.0 Å². The van der Waals surface area contributed by atoms with Gasteiger partial charge in [-0.2, -0.15) is 0 Å². The number of fused-ring (bicyclic) bond motifs is 1. The minimum atomic E-state index is 0.0608. The number of nitrogens with zero attached hydrogens (tertiary/aromatic N) is 1. The molecule has 2 aromatic carbocycles. The van der Waals surface area contributed by atoms with Crippen LogP contribution in [0.4, 0.5) is 0 Å². The number of benzene rings is 2. The van der Waals surface area contributed by atoms with Gasteiger partial charge in [-0.15, -0.1) is 0 Å². The van der Waals surface area contributed by atoms with Gasteiger partial charge in [0, 0.05) is 23.6 Å². The van der Waals surface area contributed by atoms with E-state index in [9.17, 15) is 4.79 Å². The molecule has 2 heterocycles. The number of amides is 1. The number of rotatable bonds is 4. The van der Waals surface area contributed by atoms with Crippen molar-refractivity contribution in [3.05, 3.63) is 71.9 Å². The number of H-pyrrole nitrogens is 1. The quantitative estimate of drug-likeness (QED) is 0.803. The molecule has 4 heteroatoms. The molecule has 24 heavy (non-hydrogen) atoms. The van der Waals surface area contributed by atoms with Crippen molar-refractivity contribution in [2.75, 3.05) is 13.2 Å². The third kappa shape index (κ3) is 2.93. The number of aromatic amines is 1. The Kier molecular flexibility index (Phi) is 4.05. The van der Waals surface area contributed by atoms with E-state index in [1.165, 1.54) is 10.9 Å². The van der Waals surface area contributed by atoms with Crippen LogP contribution in [0.1, 0.15) is 11.1 Å². The van der Waals surface area contributed by atoms with Crippen LogP contribution >= 0.6 is 0 Å². The standard InChI is InChI=1S/C20H20N2O2/c23-20-14-24-13-17(22(20)12-15-6-2-1-3-7-15)10-16-11-21-19-9-5-4-8-18(16)19/h1-9,11,17,21H,10,12-14H2/t17-/m1/s1. The summed E-state index contributed by atoms with van der Waals surface area (Å²) >= 11 is 0. The number of para-hydroxylation sites is 1. The number of aromatic nitrogens is 1. The van der Waals surface area contributed by atoms with Gasteiger partial charge in [0.15, 0.2) is 0 Å². The lowest BCUT2D eigenvalue weighted by Crippen LogP contribution is -2.49. The summed E-state index contributed by atoms with van der Waals surface area (Å²) in [6, 6.07) is 18.5. The third-order valence-electron chi connectivity index (χ3n) is 4.62. The fraction of sp³-hybridized carbons (Fsp3) is 0.250. The highest BCUT2D eigenvalue weighted by Gasteiger charge is 2.29. The van der Waals surface area contributed by atoms with Crippen molar-refractivity contribution in [3.63, 3.8) is 0 Å². The molecule has 1 amide bonds. The summed E-state index contributed by atoms with van der Waals surface area (Å²) in [4.78, 5) is 17.7. The van der Waals surface area contributed by atoms with Crippen LogP contribution in [-0.2, 0) is 22.5 Å². The van der Waals surface area contributed by atoms with Crippen molar-refractivity contribution in [2.45, 2.75) is 19.0 Å². The van der Waals surface area contributed by atoms with Gasteiger partial charge >= 0.3 is 0 Å². The average Bonchev–Trinajstić information content (AvgIpc) is 3.02. The second-order valence-corrected chi connectivity index (χ2v) is 6.24. The molecule has 4 rings (SSSR count). The van der Waals surface area contributed by atoms with Crippen LogP contribution in [0.2, 0.25) is 0 Å². The first kappa shape index (κ1) is 15.0. The lowest BCUT2D eigenvalue weighted by molar-refractivity contribution is -0.148. The molecule has 1 aliphatic heterocycles. The molecule has 122 valence electrons. The van der Waals surface area contributed by atoms with Gasteiger partial charge in [-0.05, 0) is 23.6 Å². The maximum atomic E-state index is 12.4. The van der Waals surface area contributed by atoms with E-state index in [2.05, 4.69) is 29.2 Å². The number of nitrogens with one attached hydrogen (secondary N) is 1. The zero-order valence-electron chi connectivity index (χ0n) is 13.4.